The Balaban J connectivity index is 1.58. The summed E-state index contributed by atoms with van der Waals surface area (Å²) in [5.41, 5.74) is 3.65. The fourth-order valence-corrected chi connectivity index (χ4v) is 3.06. The van der Waals surface area contributed by atoms with E-state index in [0.717, 1.165) is 44.0 Å². The third kappa shape index (κ3) is 5.05. The number of carboxylic acid groups (broad SMARTS) is 1. The maximum absolute atomic E-state index is 11.1. The first-order chi connectivity index (χ1) is 12.1. The number of nitrogens with zero attached hydrogens (tertiary/aromatic N) is 2. The highest BCUT2D eigenvalue weighted by Crippen LogP contribution is 2.15. The number of hydrogen-bond acceptors (Lipinski definition) is 4. The summed E-state index contributed by atoms with van der Waals surface area (Å²) in [5.74, 6) is -0.893. The van der Waals surface area contributed by atoms with Crippen LogP contribution in [0.5, 0.6) is 0 Å². The van der Waals surface area contributed by atoms with Crippen LogP contribution in [0.3, 0.4) is 0 Å². The molecule has 0 unspecified atom stereocenters. The van der Waals surface area contributed by atoms with Crippen molar-refractivity contribution in [3.63, 3.8) is 0 Å². The SMILES string of the molecule is CN1CCN(Cc2cccc(NCc3cccc(C(=O)O)c3)c2)CC1. The van der Waals surface area contributed by atoms with Crippen LogP contribution in [-0.2, 0) is 13.1 Å². The molecule has 2 N–H and O–H groups in total. The number of benzene rings is 2. The largest absolute Gasteiger partial charge is 0.478 e. The summed E-state index contributed by atoms with van der Waals surface area (Å²) >= 11 is 0. The summed E-state index contributed by atoms with van der Waals surface area (Å²) < 4.78 is 0. The molecule has 1 fully saturated rings. The number of piperazine rings is 1. The van der Waals surface area contributed by atoms with Crippen molar-refractivity contribution >= 4 is 11.7 Å². The van der Waals surface area contributed by atoms with Gasteiger partial charge in [-0.25, -0.2) is 4.79 Å². The standard InChI is InChI=1S/C20H25N3O2/c1-22-8-10-23(11-9-22)15-17-5-3-7-19(13-17)21-14-16-4-2-6-18(12-16)20(24)25/h2-7,12-13,21H,8-11,14-15H2,1H3,(H,24,25). The van der Waals surface area contributed by atoms with Gasteiger partial charge in [-0.3, -0.25) is 4.90 Å². The molecule has 3 rings (SSSR count). The first-order valence-electron chi connectivity index (χ1n) is 8.66. The third-order valence-electron chi connectivity index (χ3n) is 4.60. The molecule has 5 nitrogen and oxygen atoms in total. The summed E-state index contributed by atoms with van der Waals surface area (Å²) in [6.07, 6.45) is 0. The van der Waals surface area contributed by atoms with Gasteiger partial charge < -0.3 is 15.3 Å². The van der Waals surface area contributed by atoms with Gasteiger partial charge in [0.1, 0.15) is 0 Å². The van der Waals surface area contributed by atoms with Crippen molar-refractivity contribution < 1.29 is 9.90 Å². The highest BCUT2D eigenvalue weighted by molar-refractivity contribution is 5.87. The van der Waals surface area contributed by atoms with E-state index in [2.05, 4.69) is 46.4 Å². The molecule has 0 amide bonds. The van der Waals surface area contributed by atoms with Crippen LogP contribution in [0.25, 0.3) is 0 Å². The second-order valence-corrected chi connectivity index (χ2v) is 6.64. The molecule has 2 aromatic rings. The lowest BCUT2D eigenvalue weighted by Gasteiger charge is -2.32. The van der Waals surface area contributed by atoms with E-state index in [4.69, 9.17) is 5.11 Å². The van der Waals surface area contributed by atoms with Crippen LogP contribution in [0, 0.1) is 0 Å². The number of anilines is 1. The Bertz CT molecular complexity index is 724. The molecule has 1 saturated heterocycles. The van der Waals surface area contributed by atoms with Crippen LogP contribution in [0.1, 0.15) is 21.5 Å². The van der Waals surface area contributed by atoms with Crippen molar-refractivity contribution in [2.45, 2.75) is 13.1 Å². The van der Waals surface area contributed by atoms with Crippen LogP contribution in [0.2, 0.25) is 0 Å². The number of carbonyl (C=O) groups is 1. The lowest BCUT2D eigenvalue weighted by Crippen LogP contribution is -2.43. The fraction of sp³-hybridized carbons (Fsp3) is 0.350. The number of aromatic carboxylic acids is 1. The molecule has 2 aromatic carbocycles. The van der Waals surface area contributed by atoms with Crippen LogP contribution in [-0.4, -0.2) is 54.1 Å². The van der Waals surface area contributed by atoms with E-state index in [9.17, 15) is 4.79 Å². The van der Waals surface area contributed by atoms with E-state index >= 15 is 0 Å². The van der Waals surface area contributed by atoms with Gasteiger partial charge in [-0.05, 0) is 42.4 Å². The van der Waals surface area contributed by atoms with Gasteiger partial charge in [-0.2, -0.15) is 0 Å². The lowest BCUT2D eigenvalue weighted by atomic mass is 10.1. The first-order valence-corrected chi connectivity index (χ1v) is 8.66. The molecule has 0 spiro atoms. The zero-order valence-corrected chi connectivity index (χ0v) is 14.6. The Hall–Kier alpha value is -2.37. The molecule has 5 heteroatoms. The van der Waals surface area contributed by atoms with Gasteiger partial charge in [0, 0.05) is 45.0 Å². The summed E-state index contributed by atoms with van der Waals surface area (Å²) in [6, 6.07) is 15.5. The van der Waals surface area contributed by atoms with E-state index < -0.39 is 5.97 Å². The predicted octanol–water partition coefficient (Wildman–Crippen LogP) is 2.74. The van der Waals surface area contributed by atoms with Gasteiger partial charge in [-0.1, -0.05) is 24.3 Å². The molecule has 0 atom stereocenters. The number of likely N-dealkylation sites (N-methyl/N-ethyl adjacent to an activating group) is 1. The molecule has 1 aliphatic rings. The van der Waals surface area contributed by atoms with E-state index in [0.29, 0.717) is 12.1 Å². The fourth-order valence-electron chi connectivity index (χ4n) is 3.06. The highest BCUT2D eigenvalue weighted by atomic mass is 16.4. The van der Waals surface area contributed by atoms with Gasteiger partial charge in [0.2, 0.25) is 0 Å². The van der Waals surface area contributed by atoms with Crippen molar-refractivity contribution in [3.05, 3.63) is 65.2 Å². The Morgan fingerprint density at radius 1 is 1.04 bits per heavy atom. The zero-order chi connectivity index (χ0) is 17.6. The predicted molar refractivity (Wildman–Crippen MR) is 99.9 cm³/mol. The molecular formula is C20H25N3O2. The Morgan fingerprint density at radius 3 is 2.52 bits per heavy atom. The van der Waals surface area contributed by atoms with E-state index in [-0.39, 0.29) is 0 Å². The number of hydrogen-bond donors (Lipinski definition) is 2. The Labute approximate surface area is 148 Å². The summed E-state index contributed by atoms with van der Waals surface area (Å²) in [7, 11) is 2.17. The van der Waals surface area contributed by atoms with Crippen molar-refractivity contribution in [1.82, 2.24) is 9.80 Å². The van der Waals surface area contributed by atoms with Gasteiger partial charge in [0.05, 0.1) is 5.56 Å². The van der Waals surface area contributed by atoms with Gasteiger partial charge in [-0.15, -0.1) is 0 Å². The lowest BCUT2D eigenvalue weighted by molar-refractivity contribution is 0.0697. The molecule has 25 heavy (non-hydrogen) atoms. The molecular weight excluding hydrogens is 314 g/mol. The van der Waals surface area contributed by atoms with E-state index in [1.165, 1.54) is 5.56 Å². The minimum absolute atomic E-state index is 0.322. The number of rotatable bonds is 6. The van der Waals surface area contributed by atoms with Crippen LogP contribution >= 0.6 is 0 Å². The molecule has 0 radical (unpaired) electrons. The minimum Gasteiger partial charge on any atom is -0.478 e. The second-order valence-electron chi connectivity index (χ2n) is 6.64. The molecule has 0 aliphatic carbocycles. The van der Waals surface area contributed by atoms with E-state index in [1.807, 2.05) is 6.07 Å². The van der Waals surface area contributed by atoms with Crippen molar-refractivity contribution in [3.8, 4) is 0 Å². The van der Waals surface area contributed by atoms with Gasteiger partial charge in [0.15, 0.2) is 0 Å². The van der Waals surface area contributed by atoms with Crippen molar-refractivity contribution in [2.75, 3.05) is 38.5 Å². The Kier molecular flexibility index (Phi) is 5.68. The Morgan fingerprint density at radius 2 is 1.76 bits per heavy atom. The molecule has 0 aromatic heterocycles. The maximum atomic E-state index is 11.1. The smallest absolute Gasteiger partial charge is 0.335 e. The average Bonchev–Trinajstić information content (AvgIpc) is 2.62. The first kappa shape index (κ1) is 17.5. The third-order valence-corrected chi connectivity index (χ3v) is 4.60. The van der Waals surface area contributed by atoms with Gasteiger partial charge in [0.25, 0.3) is 0 Å². The summed E-state index contributed by atoms with van der Waals surface area (Å²) in [6.45, 7) is 6.04. The normalized spacial score (nSPS) is 15.9. The second kappa shape index (κ2) is 8.14. The van der Waals surface area contributed by atoms with Gasteiger partial charge >= 0.3 is 5.97 Å². The minimum atomic E-state index is -0.893. The van der Waals surface area contributed by atoms with E-state index in [1.54, 1.807) is 18.2 Å². The van der Waals surface area contributed by atoms with Crippen LogP contribution in [0.4, 0.5) is 5.69 Å². The monoisotopic (exact) mass is 339 g/mol. The van der Waals surface area contributed by atoms with Crippen LogP contribution in [0.15, 0.2) is 48.5 Å². The number of nitrogens with one attached hydrogen (secondary N) is 1. The highest BCUT2D eigenvalue weighted by Gasteiger charge is 2.13. The van der Waals surface area contributed by atoms with Crippen LogP contribution < -0.4 is 5.32 Å². The molecule has 132 valence electrons. The number of carboxylic acids is 1. The topological polar surface area (TPSA) is 55.8 Å². The quantitative estimate of drug-likeness (QED) is 0.847. The molecule has 1 heterocycles. The van der Waals surface area contributed by atoms with Crippen molar-refractivity contribution in [2.24, 2.45) is 0 Å². The molecule has 0 bridgehead atoms. The zero-order valence-electron chi connectivity index (χ0n) is 14.6. The maximum Gasteiger partial charge on any atom is 0.335 e. The summed E-state index contributed by atoms with van der Waals surface area (Å²) in [4.78, 5) is 15.9. The van der Waals surface area contributed by atoms with Crippen molar-refractivity contribution in [1.29, 1.82) is 0 Å². The average molecular weight is 339 g/mol. The molecule has 1 aliphatic heterocycles. The summed E-state index contributed by atoms with van der Waals surface area (Å²) in [5, 5.41) is 12.5. The molecule has 0 saturated carbocycles.